The van der Waals surface area contributed by atoms with Crippen molar-refractivity contribution in [2.75, 3.05) is 0 Å². The molecule has 0 aliphatic heterocycles. The predicted octanol–water partition coefficient (Wildman–Crippen LogP) is 2.24. The molecule has 1 heterocycles. The molecule has 1 amide bonds. The first-order chi connectivity index (χ1) is 7.54. The Morgan fingerprint density at radius 3 is 2.69 bits per heavy atom. The van der Waals surface area contributed by atoms with Crippen molar-refractivity contribution in [1.29, 1.82) is 0 Å². The number of carbonyl (C=O) groups excluding carboxylic acids is 1. The Labute approximate surface area is 106 Å². The van der Waals surface area contributed by atoms with Crippen LogP contribution in [0.3, 0.4) is 0 Å². The zero-order valence-corrected chi connectivity index (χ0v) is 11.1. The van der Waals surface area contributed by atoms with Crippen LogP contribution < -0.4 is 5.32 Å². The summed E-state index contributed by atoms with van der Waals surface area (Å²) in [4.78, 5) is 23.2. The van der Waals surface area contributed by atoms with Crippen LogP contribution >= 0.6 is 27.3 Å². The van der Waals surface area contributed by atoms with E-state index in [2.05, 4.69) is 21.2 Å². The molecule has 0 spiro atoms. The zero-order valence-electron chi connectivity index (χ0n) is 8.70. The van der Waals surface area contributed by atoms with E-state index < -0.39 is 17.8 Å². The average molecular weight is 306 g/mol. The number of halogens is 1. The minimum atomic E-state index is -1.08. The van der Waals surface area contributed by atoms with Gasteiger partial charge in [-0.2, -0.15) is 0 Å². The summed E-state index contributed by atoms with van der Waals surface area (Å²) in [6.45, 7) is 2.05. The van der Waals surface area contributed by atoms with Crippen LogP contribution in [0, 0.1) is 5.92 Å². The Bertz CT molecular complexity index is 391. The smallest absolute Gasteiger partial charge is 0.316 e. The van der Waals surface area contributed by atoms with E-state index in [0.29, 0.717) is 13.0 Å². The number of carboxylic acids is 1. The Balaban J connectivity index is 2.49. The van der Waals surface area contributed by atoms with Gasteiger partial charge in [-0.3, -0.25) is 9.59 Å². The van der Waals surface area contributed by atoms with Gasteiger partial charge in [-0.1, -0.05) is 6.92 Å². The maximum absolute atomic E-state index is 11.5. The lowest BCUT2D eigenvalue weighted by Gasteiger charge is -2.09. The molecule has 0 aliphatic rings. The third kappa shape index (κ3) is 3.61. The van der Waals surface area contributed by atoms with Crippen LogP contribution in [0.25, 0.3) is 0 Å². The van der Waals surface area contributed by atoms with Gasteiger partial charge in [0.15, 0.2) is 0 Å². The molecule has 1 rings (SSSR count). The van der Waals surface area contributed by atoms with Crippen molar-refractivity contribution in [3.8, 4) is 0 Å². The normalized spacial score (nSPS) is 12.1. The van der Waals surface area contributed by atoms with E-state index in [-0.39, 0.29) is 0 Å². The van der Waals surface area contributed by atoms with Crippen LogP contribution in [0.15, 0.2) is 15.9 Å². The van der Waals surface area contributed by atoms with Gasteiger partial charge in [0.25, 0.3) is 0 Å². The highest BCUT2D eigenvalue weighted by molar-refractivity contribution is 9.11. The number of thiophene rings is 1. The number of hydrogen-bond donors (Lipinski definition) is 2. The fraction of sp³-hybridized carbons (Fsp3) is 0.400. The van der Waals surface area contributed by atoms with Gasteiger partial charge in [0, 0.05) is 4.88 Å². The molecule has 1 atom stereocenters. The molecule has 88 valence electrons. The SMILES string of the molecule is CCC(C(=O)O)C(=O)NCc1ccc(Br)s1. The second kappa shape index (κ2) is 6.00. The summed E-state index contributed by atoms with van der Waals surface area (Å²) in [5.74, 6) is -2.46. The summed E-state index contributed by atoms with van der Waals surface area (Å²) >= 11 is 4.83. The van der Waals surface area contributed by atoms with Crippen LogP contribution in [0.4, 0.5) is 0 Å². The number of hydrogen-bond acceptors (Lipinski definition) is 3. The molecular weight excluding hydrogens is 294 g/mol. The Morgan fingerprint density at radius 2 is 2.25 bits per heavy atom. The lowest BCUT2D eigenvalue weighted by molar-refractivity contribution is -0.147. The summed E-state index contributed by atoms with van der Waals surface area (Å²) in [5.41, 5.74) is 0. The van der Waals surface area contributed by atoms with Crippen molar-refractivity contribution in [2.24, 2.45) is 5.92 Å². The summed E-state index contributed by atoms with van der Waals surface area (Å²) in [6.07, 6.45) is 0.301. The predicted molar refractivity (Wildman–Crippen MR) is 65.3 cm³/mol. The van der Waals surface area contributed by atoms with Gasteiger partial charge in [-0.15, -0.1) is 11.3 Å². The van der Waals surface area contributed by atoms with Gasteiger partial charge in [0.2, 0.25) is 5.91 Å². The van der Waals surface area contributed by atoms with Crippen molar-refractivity contribution in [1.82, 2.24) is 5.32 Å². The molecule has 16 heavy (non-hydrogen) atoms. The summed E-state index contributed by atoms with van der Waals surface area (Å²) in [6, 6.07) is 3.78. The van der Waals surface area contributed by atoms with E-state index in [1.165, 1.54) is 11.3 Å². The molecule has 0 bridgehead atoms. The topological polar surface area (TPSA) is 66.4 Å². The fourth-order valence-corrected chi connectivity index (χ4v) is 2.64. The molecule has 0 radical (unpaired) electrons. The molecule has 0 aromatic carbocycles. The largest absolute Gasteiger partial charge is 0.481 e. The van der Waals surface area contributed by atoms with E-state index in [1.807, 2.05) is 12.1 Å². The maximum atomic E-state index is 11.5. The van der Waals surface area contributed by atoms with Crippen LogP contribution in [-0.2, 0) is 16.1 Å². The molecular formula is C10H12BrNO3S. The first-order valence-electron chi connectivity index (χ1n) is 4.79. The number of nitrogens with one attached hydrogen (secondary N) is 1. The number of carbonyl (C=O) groups is 2. The molecule has 0 saturated carbocycles. The Kier molecular flexibility index (Phi) is 4.95. The first kappa shape index (κ1) is 13.2. The van der Waals surface area contributed by atoms with E-state index in [1.54, 1.807) is 6.92 Å². The van der Waals surface area contributed by atoms with Gasteiger partial charge in [-0.05, 0) is 34.5 Å². The lowest BCUT2D eigenvalue weighted by atomic mass is 10.1. The quantitative estimate of drug-likeness (QED) is 0.820. The standard InChI is InChI=1S/C10H12BrNO3S/c1-2-7(10(14)15)9(13)12-5-6-3-4-8(11)16-6/h3-4,7H,2,5H2,1H3,(H,12,13)(H,14,15). The highest BCUT2D eigenvalue weighted by Crippen LogP contribution is 2.21. The van der Waals surface area contributed by atoms with Crippen molar-refractivity contribution < 1.29 is 14.7 Å². The van der Waals surface area contributed by atoms with E-state index >= 15 is 0 Å². The van der Waals surface area contributed by atoms with Gasteiger partial charge < -0.3 is 10.4 Å². The van der Waals surface area contributed by atoms with Gasteiger partial charge in [-0.25, -0.2) is 0 Å². The Morgan fingerprint density at radius 1 is 1.56 bits per heavy atom. The van der Waals surface area contributed by atoms with Crippen LogP contribution in [0.1, 0.15) is 18.2 Å². The molecule has 1 aromatic rings. The summed E-state index contributed by atoms with van der Waals surface area (Å²) in [5, 5.41) is 11.4. The van der Waals surface area contributed by atoms with Gasteiger partial charge in [0.05, 0.1) is 10.3 Å². The summed E-state index contributed by atoms with van der Waals surface area (Å²) in [7, 11) is 0. The third-order valence-corrected chi connectivity index (χ3v) is 3.71. The minimum Gasteiger partial charge on any atom is -0.481 e. The first-order valence-corrected chi connectivity index (χ1v) is 6.40. The number of carboxylic acid groups (broad SMARTS) is 1. The second-order valence-corrected chi connectivity index (χ2v) is 5.77. The Hall–Kier alpha value is -0.880. The molecule has 6 heteroatoms. The lowest BCUT2D eigenvalue weighted by Crippen LogP contribution is -2.34. The van der Waals surface area contributed by atoms with Gasteiger partial charge in [0.1, 0.15) is 5.92 Å². The highest BCUT2D eigenvalue weighted by Gasteiger charge is 2.23. The van der Waals surface area contributed by atoms with Gasteiger partial charge >= 0.3 is 5.97 Å². The molecule has 0 fully saturated rings. The second-order valence-electron chi connectivity index (χ2n) is 3.22. The number of amides is 1. The molecule has 2 N–H and O–H groups in total. The monoisotopic (exact) mass is 305 g/mol. The van der Waals surface area contributed by atoms with E-state index in [9.17, 15) is 9.59 Å². The third-order valence-electron chi connectivity index (χ3n) is 2.09. The van der Waals surface area contributed by atoms with Crippen LogP contribution in [0.5, 0.6) is 0 Å². The average Bonchev–Trinajstić information content (AvgIpc) is 2.62. The number of rotatable bonds is 5. The molecule has 4 nitrogen and oxygen atoms in total. The molecule has 0 aliphatic carbocycles. The zero-order chi connectivity index (χ0) is 12.1. The molecule has 0 saturated heterocycles. The summed E-state index contributed by atoms with van der Waals surface area (Å²) < 4.78 is 0.988. The van der Waals surface area contributed by atoms with Crippen molar-refractivity contribution in [3.63, 3.8) is 0 Å². The van der Waals surface area contributed by atoms with Crippen LogP contribution in [0.2, 0.25) is 0 Å². The van der Waals surface area contributed by atoms with Crippen molar-refractivity contribution >= 4 is 39.1 Å². The molecule has 1 unspecified atom stereocenters. The minimum absolute atomic E-state index is 0.301. The van der Waals surface area contributed by atoms with Crippen LogP contribution in [-0.4, -0.2) is 17.0 Å². The highest BCUT2D eigenvalue weighted by atomic mass is 79.9. The van der Waals surface area contributed by atoms with E-state index in [4.69, 9.17) is 5.11 Å². The van der Waals surface area contributed by atoms with E-state index in [0.717, 1.165) is 8.66 Å². The molecule has 1 aromatic heterocycles. The van der Waals surface area contributed by atoms with Crippen molar-refractivity contribution in [3.05, 3.63) is 20.8 Å². The number of aliphatic carboxylic acids is 1. The maximum Gasteiger partial charge on any atom is 0.316 e. The van der Waals surface area contributed by atoms with Crippen molar-refractivity contribution in [2.45, 2.75) is 19.9 Å². The fourth-order valence-electron chi connectivity index (χ4n) is 1.22.